The number of rotatable bonds is 5. The van der Waals surface area contributed by atoms with Crippen LogP contribution in [0.4, 0.5) is 4.39 Å². The van der Waals surface area contributed by atoms with Crippen LogP contribution in [0.2, 0.25) is 0 Å². The Bertz CT molecular complexity index is 400. The van der Waals surface area contributed by atoms with E-state index in [-0.39, 0.29) is 17.8 Å². The highest BCUT2D eigenvalue weighted by atomic mass is 127. The second kappa shape index (κ2) is 7.16. The molecule has 1 N–H and O–H groups in total. The summed E-state index contributed by atoms with van der Waals surface area (Å²) in [6.07, 6.45) is 1.70. The van der Waals surface area contributed by atoms with Crippen molar-refractivity contribution >= 4 is 40.1 Å². The van der Waals surface area contributed by atoms with Gasteiger partial charge in [0.25, 0.3) is 5.91 Å². The van der Waals surface area contributed by atoms with E-state index in [1.54, 1.807) is 0 Å². The van der Waals surface area contributed by atoms with Crippen molar-refractivity contribution in [2.75, 3.05) is 5.88 Å². The van der Waals surface area contributed by atoms with Crippen molar-refractivity contribution in [1.29, 1.82) is 0 Å². The minimum atomic E-state index is -0.332. The summed E-state index contributed by atoms with van der Waals surface area (Å²) in [6.45, 7) is 1.93. The van der Waals surface area contributed by atoms with Gasteiger partial charge in [0.15, 0.2) is 0 Å². The zero-order valence-corrected chi connectivity index (χ0v) is 12.4. The minimum Gasteiger partial charge on any atom is -0.350 e. The van der Waals surface area contributed by atoms with Gasteiger partial charge in [0.2, 0.25) is 0 Å². The molecular weight excluding hydrogens is 355 g/mol. The molecule has 5 heteroatoms. The molecule has 0 radical (unpaired) electrons. The predicted octanol–water partition coefficient (Wildman–Crippen LogP) is 3.57. The van der Waals surface area contributed by atoms with E-state index >= 15 is 0 Å². The van der Waals surface area contributed by atoms with E-state index in [1.165, 1.54) is 18.2 Å². The molecule has 0 aliphatic carbocycles. The number of amides is 1. The monoisotopic (exact) mass is 369 g/mol. The normalized spacial score (nSPS) is 12.2. The van der Waals surface area contributed by atoms with Crippen LogP contribution in [0, 0.1) is 9.39 Å². The van der Waals surface area contributed by atoms with Crippen LogP contribution in [-0.4, -0.2) is 17.8 Å². The van der Waals surface area contributed by atoms with Gasteiger partial charge in [0, 0.05) is 15.5 Å². The number of carbonyl (C=O) groups excluding carboxylic acids is 1. The molecule has 1 aromatic carbocycles. The van der Waals surface area contributed by atoms with Gasteiger partial charge in [0.1, 0.15) is 5.82 Å². The summed E-state index contributed by atoms with van der Waals surface area (Å²) in [5.41, 5.74) is 0.504. The highest BCUT2D eigenvalue weighted by Crippen LogP contribution is 2.14. The van der Waals surface area contributed by atoms with E-state index in [2.05, 4.69) is 5.32 Å². The third-order valence-corrected chi connectivity index (χ3v) is 3.48. The molecule has 0 heterocycles. The molecule has 0 spiro atoms. The topological polar surface area (TPSA) is 29.1 Å². The Balaban J connectivity index is 2.63. The lowest BCUT2D eigenvalue weighted by Gasteiger charge is -2.13. The third-order valence-electron chi connectivity index (χ3n) is 2.32. The zero-order valence-electron chi connectivity index (χ0n) is 9.47. The van der Waals surface area contributed by atoms with Crippen molar-refractivity contribution < 1.29 is 9.18 Å². The highest BCUT2D eigenvalue weighted by Gasteiger charge is 2.12. The number of nitrogens with one attached hydrogen (secondary N) is 1. The van der Waals surface area contributed by atoms with Crippen LogP contribution in [-0.2, 0) is 0 Å². The zero-order chi connectivity index (χ0) is 12.8. The molecule has 1 amide bonds. The number of carbonyl (C=O) groups is 1. The van der Waals surface area contributed by atoms with Crippen LogP contribution in [0.3, 0.4) is 0 Å². The molecule has 1 aromatic rings. The second-order valence-electron chi connectivity index (χ2n) is 3.83. The number of hydrogen-bond donors (Lipinski definition) is 1. The third kappa shape index (κ3) is 4.79. The average Bonchev–Trinajstić information content (AvgIpc) is 2.26. The lowest BCUT2D eigenvalue weighted by Crippen LogP contribution is -2.33. The Morgan fingerprint density at radius 2 is 2.29 bits per heavy atom. The van der Waals surface area contributed by atoms with Gasteiger partial charge in [-0.05, 0) is 60.6 Å². The summed E-state index contributed by atoms with van der Waals surface area (Å²) in [5, 5.41) is 2.87. The summed E-state index contributed by atoms with van der Waals surface area (Å²) < 4.78 is 13.5. The maximum atomic E-state index is 12.9. The Labute approximate surface area is 119 Å². The molecule has 17 heavy (non-hydrogen) atoms. The molecule has 1 unspecified atom stereocenters. The maximum absolute atomic E-state index is 12.9. The molecule has 1 atom stereocenters. The van der Waals surface area contributed by atoms with Crippen molar-refractivity contribution in [2.45, 2.75) is 25.8 Å². The van der Waals surface area contributed by atoms with Gasteiger partial charge in [-0.3, -0.25) is 4.79 Å². The summed E-state index contributed by atoms with van der Waals surface area (Å²) in [4.78, 5) is 11.9. The van der Waals surface area contributed by atoms with E-state index in [1.807, 2.05) is 29.5 Å². The number of alkyl halides is 1. The van der Waals surface area contributed by atoms with Crippen LogP contribution in [0.15, 0.2) is 18.2 Å². The van der Waals surface area contributed by atoms with Crippen molar-refractivity contribution in [3.05, 3.63) is 33.1 Å². The van der Waals surface area contributed by atoms with Gasteiger partial charge < -0.3 is 5.32 Å². The molecule has 0 aliphatic heterocycles. The molecule has 0 bridgehead atoms. The van der Waals surface area contributed by atoms with E-state index in [0.29, 0.717) is 15.0 Å². The van der Waals surface area contributed by atoms with Crippen molar-refractivity contribution in [2.24, 2.45) is 0 Å². The van der Waals surface area contributed by atoms with Crippen molar-refractivity contribution in [1.82, 2.24) is 5.32 Å². The summed E-state index contributed by atoms with van der Waals surface area (Å²) >= 11 is 7.54. The van der Waals surface area contributed by atoms with Gasteiger partial charge in [-0.1, -0.05) is 0 Å². The summed E-state index contributed by atoms with van der Waals surface area (Å²) in [6, 6.07) is 4.21. The number of hydrogen-bond acceptors (Lipinski definition) is 1. The minimum absolute atomic E-state index is 0.0714. The predicted molar refractivity (Wildman–Crippen MR) is 76.0 cm³/mol. The molecule has 0 aromatic heterocycles. The molecular formula is C12H14ClFINO. The Morgan fingerprint density at radius 3 is 2.88 bits per heavy atom. The molecule has 0 aliphatic rings. The molecule has 0 saturated heterocycles. The standard InChI is InChI=1S/C12H14ClFINO/c1-8(3-2-6-13)16-12(17)10-5-4-9(14)7-11(10)15/h4-5,7-8H,2-3,6H2,1H3,(H,16,17). The molecule has 0 fully saturated rings. The van der Waals surface area contributed by atoms with Crippen LogP contribution in [0.1, 0.15) is 30.1 Å². The molecule has 94 valence electrons. The number of benzene rings is 1. The largest absolute Gasteiger partial charge is 0.350 e. The van der Waals surface area contributed by atoms with Crippen LogP contribution < -0.4 is 5.32 Å². The fourth-order valence-electron chi connectivity index (χ4n) is 1.43. The number of halogens is 3. The van der Waals surface area contributed by atoms with E-state index in [4.69, 9.17) is 11.6 Å². The fraction of sp³-hybridized carbons (Fsp3) is 0.417. The van der Waals surface area contributed by atoms with Gasteiger partial charge >= 0.3 is 0 Å². The van der Waals surface area contributed by atoms with Gasteiger partial charge in [-0.2, -0.15) is 0 Å². The van der Waals surface area contributed by atoms with E-state index in [0.717, 1.165) is 12.8 Å². The molecule has 1 rings (SSSR count). The summed E-state index contributed by atoms with van der Waals surface area (Å²) in [7, 11) is 0. The van der Waals surface area contributed by atoms with Crippen molar-refractivity contribution in [3.63, 3.8) is 0 Å². The summed E-state index contributed by atoms with van der Waals surface area (Å²) in [5.74, 6) is 0.0893. The average molecular weight is 370 g/mol. The first-order valence-corrected chi connectivity index (χ1v) is 6.97. The fourth-order valence-corrected chi connectivity index (χ4v) is 2.31. The van der Waals surface area contributed by atoms with Gasteiger partial charge in [-0.15, -0.1) is 11.6 Å². The Morgan fingerprint density at radius 1 is 1.59 bits per heavy atom. The quantitative estimate of drug-likeness (QED) is 0.624. The van der Waals surface area contributed by atoms with E-state index in [9.17, 15) is 9.18 Å². The lowest BCUT2D eigenvalue weighted by molar-refractivity contribution is 0.0937. The van der Waals surface area contributed by atoms with Crippen LogP contribution in [0.25, 0.3) is 0 Å². The SMILES string of the molecule is CC(CCCCl)NC(=O)c1ccc(F)cc1I. The molecule has 2 nitrogen and oxygen atoms in total. The first kappa shape index (κ1) is 14.7. The first-order valence-electron chi connectivity index (χ1n) is 5.36. The first-order chi connectivity index (χ1) is 8.04. The van der Waals surface area contributed by atoms with E-state index < -0.39 is 0 Å². The molecule has 0 saturated carbocycles. The Hall–Kier alpha value is -0.360. The Kier molecular flexibility index (Phi) is 6.19. The van der Waals surface area contributed by atoms with Gasteiger partial charge in [0.05, 0.1) is 5.56 Å². The van der Waals surface area contributed by atoms with Crippen LogP contribution >= 0.6 is 34.2 Å². The lowest BCUT2D eigenvalue weighted by atomic mass is 10.1. The van der Waals surface area contributed by atoms with Gasteiger partial charge in [-0.25, -0.2) is 4.39 Å². The second-order valence-corrected chi connectivity index (χ2v) is 5.37. The smallest absolute Gasteiger partial charge is 0.252 e. The van der Waals surface area contributed by atoms with Crippen LogP contribution in [0.5, 0.6) is 0 Å². The highest BCUT2D eigenvalue weighted by molar-refractivity contribution is 14.1. The van der Waals surface area contributed by atoms with Crippen molar-refractivity contribution in [3.8, 4) is 0 Å². The maximum Gasteiger partial charge on any atom is 0.252 e.